The third-order valence-corrected chi connectivity index (χ3v) is 3.88. The Balaban J connectivity index is 1.46. The Kier molecular flexibility index (Phi) is 3.92. The highest BCUT2D eigenvalue weighted by Gasteiger charge is 2.18. The van der Waals surface area contributed by atoms with Gasteiger partial charge in [-0.05, 0) is 31.2 Å². The molecule has 3 heterocycles. The van der Waals surface area contributed by atoms with Crippen LogP contribution < -0.4 is 11.1 Å². The lowest BCUT2D eigenvalue weighted by Gasteiger charge is -2.10. The largest absolute Gasteiger partial charge is 0.459 e. The molecule has 26 heavy (non-hydrogen) atoms. The smallest absolute Gasteiger partial charge is 0.437 e. The van der Waals surface area contributed by atoms with Gasteiger partial charge in [-0.15, -0.1) is 5.10 Å². The van der Waals surface area contributed by atoms with Crippen LogP contribution in [0.25, 0.3) is 22.6 Å². The first-order chi connectivity index (χ1) is 12.6. The summed E-state index contributed by atoms with van der Waals surface area (Å²) >= 11 is 0. The summed E-state index contributed by atoms with van der Waals surface area (Å²) in [5.74, 6) is -0.152. The van der Waals surface area contributed by atoms with Crippen LogP contribution in [0.4, 0.5) is 0 Å². The summed E-state index contributed by atoms with van der Waals surface area (Å²) in [6.45, 7) is 1.53. The zero-order chi connectivity index (χ0) is 18.1. The Hall–Kier alpha value is -3.55. The molecule has 1 amide bonds. The van der Waals surface area contributed by atoms with Gasteiger partial charge in [0.2, 0.25) is 5.91 Å². The second kappa shape index (κ2) is 6.40. The first-order valence-electron chi connectivity index (χ1n) is 8.00. The summed E-state index contributed by atoms with van der Waals surface area (Å²) in [7, 11) is 0. The molecule has 0 bridgehead atoms. The number of nitrogens with one attached hydrogen (secondary N) is 1. The van der Waals surface area contributed by atoms with E-state index in [1.165, 1.54) is 6.26 Å². The van der Waals surface area contributed by atoms with Gasteiger partial charge in [-0.3, -0.25) is 4.79 Å². The number of para-hydroxylation sites is 1. The van der Waals surface area contributed by atoms with Crippen LogP contribution in [0.5, 0.6) is 0 Å². The minimum Gasteiger partial charge on any atom is -0.459 e. The number of nitrogens with zero attached hydrogens (tertiary/aromatic N) is 2. The van der Waals surface area contributed by atoms with Crippen LogP contribution >= 0.6 is 0 Å². The van der Waals surface area contributed by atoms with Crippen LogP contribution in [-0.2, 0) is 11.3 Å². The summed E-state index contributed by atoms with van der Waals surface area (Å²) < 4.78 is 16.8. The Morgan fingerprint density at radius 1 is 1.23 bits per heavy atom. The van der Waals surface area contributed by atoms with Crippen molar-refractivity contribution in [2.45, 2.75) is 19.5 Å². The van der Waals surface area contributed by atoms with Gasteiger partial charge < -0.3 is 18.6 Å². The Bertz CT molecular complexity index is 1070. The molecule has 1 N–H and O–H groups in total. The van der Waals surface area contributed by atoms with Crippen molar-refractivity contribution in [2.75, 3.05) is 0 Å². The molecule has 0 aliphatic heterocycles. The monoisotopic (exact) mass is 353 g/mol. The minimum absolute atomic E-state index is 0.0260. The SMILES string of the molecule is C[C@H](NC(=O)Cn1nc(-c2ccco2)oc1=O)c1cc2ccccc2o1. The van der Waals surface area contributed by atoms with Crippen LogP contribution in [0.3, 0.4) is 0 Å². The fraction of sp³-hybridized carbons (Fsp3) is 0.167. The second-order valence-corrected chi connectivity index (χ2v) is 5.78. The van der Waals surface area contributed by atoms with Crippen LogP contribution in [-0.4, -0.2) is 15.7 Å². The first kappa shape index (κ1) is 15.9. The van der Waals surface area contributed by atoms with E-state index < -0.39 is 5.76 Å². The van der Waals surface area contributed by atoms with Crippen molar-refractivity contribution in [3.05, 3.63) is 65.0 Å². The standard InChI is InChI=1S/C18H15N3O5/c1-11(15-9-12-5-2-3-6-13(12)25-15)19-16(22)10-21-18(23)26-17(20-21)14-7-4-8-24-14/h2-9,11H,10H2,1H3,(H,19,22)/t11-/m0/s1. The molecule has 8 nitrogen and oxygen atoms in total. The summed E-state index contributed by atoms with van der Waals surface area (Å²) in [6.07, 6.45) is 1.44. The molecule has 0 aliphatic carbocycles. The molecule has 132 valence electrons. The zero-order valence-corrected chi connectivity index (χ0v) is 13.8. The van der Waals surface area contributed by atoms with Crippen LogP contribution in [0.15, 0.2) is 66.8 Å². The van der Waals surface area contributed by atoms with E-state index in [2.05, 4.69) is 10.4 Å². The van der Waals surface area contributed by atoms with Crippen molar-refractivity contribution in [3.8, 4) is 11.7 Å². The number of aromatic nitrogens is 2. The molecule has 4 aromatic rings. The molecular formula is C18H15N3O5. The summed E-state index contributed by atoms with van der Waals surface area (Å²) in [5, 5.41) is 7.70. The highest BCUT2D eigenvalue weighted by Crippen LogP contribution is 2.23. The van der Waals surface area contributed by atoms with Gasteiger partial charge in [0.25, 0.3) is 5.89 Å². The average Bonchev–Trinajstić information content (AvgIpc) is 3.34. The molecule has 3 aromatic heterocycles. The van der Waals surface area contributed by atoms with Crippen LogP contribution in [0.2, 0.25) is 0 Å². The Labute approximate surface area is 147 Å². The highest BCUT2D eigenvalue weighted by molar-refractivity contribution is 5.79. The van der Waals surface area contributed by atoms with E-state index in [1.807, 2.05) is 30.3 Å². The predicted octanol–water partition coefficient (Wildman–Crippen LogP) is 2.72. The number of benzene rings is 1. The van der Waals surface area contributed by atoms with E-state index in [4.69, 9.17) is 13.3 Å². The molecule has 0 saturated carbocycles. The number of fused-ring (bicyclic) bond motifs is 1. The molecule has 0 saturated heterocycles. The van der Waals surface area contributed by atoms with Crippen molar-refractivity contribution < 1.29 is 18.0 Å². The number of amides is 1. The predicted molar refractivity (Wildman–Crippen MR) is 91.2 cm³/mol. The Morgan fingerprint density at radius 3 is 2.85 bits per heavy atom. The van der Waals surface area contributed by atoms with Crippen LogP contribution in [0, 0.1) is 0 Å². The molecule has 1 aromatic carbocycles. The average molecular weight is 353 g/mol. The van der Waals surface area contributed by atoms with E-state index in [1.54, 1.807) is 19.1 Å². The van der Waals surface area contributed by atoms with E-state index in [0.717, 1.165) is 15.7 Å². The molecule has 1 atom stereocenters. The number of hydrogen-bond donors (Lipinski definition) is 1. The van der Waals surface area contributed by atoms with Gasteiger partial charge in [0.05, 0.1) is 12.3 Å². The number of rotatable bonds is 5. The third-order valence-electron chi connectivity index (χ3n) is 3.88. The molecule has 0 unspecified atom stereocenters. The lowest BCUT2D eigenvalue weighted by molar-refractivity contribution is -0.122. The number of carbonyl (C=O) groups is 1. The maximum atomic E-state index is 12.2. The number of carbonyl (C=O) groups excluding carboxylic acids is 1. The van der Waals surface area contributed by atoms with Crippen molar-refractivity contribution >= 4 is 16.9 Å². The lowest BCUT2D eigenvalue weighted by Crippen LogP contribution is -2.33. The van der Waals surface area contributed by atoms with Gasteiger partial charge in [0, 0.05) is 5.39 Å². The fourth-order valence-corrected chi connectivity index (χ4v) is 2.62. The molecule has 0 fully saturated rings. The maximum absolute atomic E-state index is 12.2. The molecule has 0 radical (unpaired) electrons. The number of furan rings is 2. The normalized spacial score (nSPS) is 12.3. The van der Waals surface area contributed by atoms with E-state index in [0.29, 0.717) is 11.5 Å². The van der Waals surface area contributed by atoms with Gasteiger partial charge in [0.15, 0.2) is 5.76 Å². The molecule has 8 heteroatoms. The van der Waals surface area contributed by atoms with Crippen molar-refractivity contribution in [1.82, 2.24) is 15.1 Å². The van der Waals surface area contributed by atoms with Gasteiger partial charge >= 0.3 is 5.76 Å². The van der Waals surface area contributed by atoms with Gasteiger partial charge in [-0.1, -0.05) is 18.2 Å². The van der Waals surface area contributed by atoms with E-state index in [-0.39, 0.29) is 24.4 Å². The molecule has 0 spiro atoms. The Morgan fingerprint density at radius 2 is 2.08 bits per heavy atom. The summed E-state index contributed by atoms with van der Waals surface area (Å²) in [5.41, 5.74) is 0.749. The fourth-order valence-electron chi connectivity index (χ4n) is 2.62. The van der Waals surface area contributed by atoms with Crippen molar-refractivity contribution in [2.24, 2.45) is 0 Å². The summed E-state index contributed by atoms with van der Waals surface area (Å²) in [4.78, 5) is 24.1. The topological polar surface area (TPSA) is 103 Å². The second-order valence-electron chi connectivity index (χ2n) is 5.78. The molecule has 4 rings (SSSR count). The number of hydrogen-bond acceptors (Lipinski definition) is 6. The summed E-state index contributed by atoms with van der Waals surface area (Å²) in [6, 6.07) is 12.4. The van der Waals surface area contributed by atoms with Gasteiger partial charge in [-0.25, -0.2) is 4.79 Å². The lowest BCUT2D eigenvalue weighted by atomic mass is 10.2. The molecule has 0 aliphatic rings. The van der Waals surface area contributed by atoms with E-state index in [9.17, 15) is 9.59 Å². The van der Waals surface area contributed by atoms with Gasteiger partial charge in [-0.2, -0.15) is 4.68 Å². The molecular weight excluding hydrogens is 338 g/mol. The third kappa shape index (κ3) is 3.04. The first-order valence-corrected chi connectivity index (χ1v) is 8.00. The minimum atomic E-state index is -0.733. The van der Waals surface area contributed by atoms with Gasteiger partial charge in [0.1, 0.15) is 17.9 Å². The maximum Gasteiger partial charge on any atom is 0.437 e. The van der Waals surface area contributed by atoms with Crippen LogP contribution in [0.1, 0.15) is 18.7 Å². The van der Waals surface area contributed by atoms with E-state index >= 15 is 0 Å². The highest BCUT2D eigenvalue weighted by atomic mass is 16.4. The quantitative estimate of drug-likeness (QED) is 0.592. The zero-order valence-electron chi connectivity index (χ0n) is 13.8. The van der Waals surface area contributed by atoms with Crippen molar-refractivity contribution in [3.63, 3.8) is 0 Å². The van der Waals surface area contributed by atoms with Crippen molar-refractivity contribution in [1.29, 1.82) is 0 Å².